The number of anilines is 3. The van der Waals surface area contributed by atoms with Crippen LogP contribution in [0.3, 0.4) is 0 Å². The van der Waals surface area contributed by atoms with Gasteiger partial charge in [-0.1, -0.05) is 173 Å². The van der Waals surface area contributed by atoms with Crippen LogP contribution in [0.15, 0.2) is 188 Å². The molecule has 1 nitrogen and oxygen atoms in total. The minimum absolute atomic E-state index is 0.0873. The van der Waals surface area contributed by atoms with Crippen LogP contribution in [0.2, 0.25) is 0 Å². The zero-order valence-electron chi connectivity index (χ0n) is 38.5. The van der Waals surface area contributed by atoms with E-state index >= 15 is 0 Å². The van der Waals surface area contributed by atoms with Crippen molar-refractivity contribution in [3.8, 4) is 55.6 Å². The predicted octanol–water partition coefficient (Wildman–Crippen LogP) is 17.7. The molecule has 8 aromatic carbocycles. The van der Waals surface area contributed by atoms with Crippen LogP contribution in [0.4, 0.5) is 17.1 Å². The molecule has 2 spiro atoms. The lowest BCUT2D eigenvalue weighted by Gasteiger charge is -2.54. The van der Waals surface area contributed by atoms with E-state index in [0.29, 0.717) is 11.8 Å². The third kappa shape index (κ3) is 6.11. The molecular formula is C65H59N. The summed E-state index contributed by atoms with van der Waals surface area (Å²) in [5.74, 6) is 2.98. The van der Waals surface area contributed by atoms with Gasteiger partial charge in [0.05, 0.1) is 0 Å². The second-order valence-corrected chi connectivity index (χ2v) is 21.0. The maximum atomic E-state index is 2.60. The van der Waals surface area contributed by atoms with Crippen LogP contribution >= 0.6 is 0 Å². The van der Waals surface area contributed by atoms with Gasteiger partial charge in [-0.2, -0.15) is 0 Å². The van der Waals surface area contributed by atoms with E-state index in [4.69, 9.17) is 0 Å². The predicted molar refractivity (Wildman–Crippen MR) is 277 cm³/mol. The van der Waals surface area contributed by atoms with E-state index in [1.807, 2.05) is 0 Å². The van der Waals surface area contributed by atoms with E-state index in [2.05, 4.69) is 207 Å². The van der Waals surface area contributed by atoms with Crippen molar-refractivity contribution in [1.82, 2.24) is 0 Å². The SMILES string of the molecule is C[C@@H]1CC2C[C@@H](C1)[C@@]1(c3ccccc3-c3ccc(-c4ccc(N(c5ccc(-c6ccccc6)cc5)c5ccc(-c6ccc7c(c6)C6(CCCCC6)c6ccccc6-7)cc5)cc4)cc31)[C@@H](C)C2. The summed E-state index contributed by atoms with van der Waals surface area (Å²) in [5, 5.41) is 0. The molecule has 66 heavy (non-hydrogen) atoms. The van der Waals surface area contributed by atoms with Gasteiger partial charge in [0.15, 0.2) is 0 Å². The molecule has 5 aliphatic carbocycles. The first-order chi connectivity index (χ1) is 32.5. The molecule has 0 N–H and O–H groups in total. The lowest BCUT2D eigenvalue weighted by Crippen LogP contribution is -2.49. The summed E-state index contributed by atoms with van der Waals surface area (Å²) in [6, 6.07) is 71.9. The molecule has 0 saturated heterocycles. The first kappa shape index (κ1) is 39.9. The van der Waals surface area contributed by atoms with Crippen LogP contribution in [0.1, 0.15) is 93.9 Å². The van der Waals surface area contributed by atoms with E-state index < -0.39 is 0 Å². The van der Waals surface area contributed by atoms with Crippen molar-refractivity contribution in [3.05, 3.63) is 210 Å². The molecule has 8 aromatic rings. The third-order valence-electron chi connectivity index (χ3n) is 17.4. The number of fused-ring (bicyclic) bond motifs is 13. The molecule has 0 aliphatic heterocycles. The minimum atomic E-state index is 0.0873. The third-order valence-corrected chi connectivity index (χ3v) is 17.4. The highest BCUT2D eigenvalue weighted by Gasteiger charge is 2.56. The summed E-state index contributed by atoms with van der Waals surface area (Å²) >= 11 is 0. The smallest absolute Gasteiger partial charge is 0.0462 e. The van der Waals surface area contributed by atoms with E-state index in [9.17, 15) is 0 Å². The molecule has 0 amide bonds. The summed E-state index contributed by atoms with van der Waals surface area (Å²) < 4.78 is 0. The molecule has 5 atom stereocenters. The van der Waals surface area contributed by atoms with Gasteiger partial charge in [0.25, 0.3) is 0 Å². The molecule has 1 unspecified atom stereocenters. The Hall–Kier alpha value is -6.44. The Morgan fingerprint density at radius 2 is 0.848 bits per heavy atom. The van der Waals surface area contributed by atoms with Gasteiger partial charge in [0.1, 0.15) is 0 Å². The average Bonchev–Trinajstić information content (AvgIpc) is 3.81. The zero-order chi connectivity index (χ0) is 44.0. The summed E-state index contributed by atoms with van der Waals surface area (Å²) in [5.41, 5.74) is 23.4. The maximum absolute atomic E-state index is 2.60. The quantitative estimate of drug-likeness (QED) is 0.161. The molecule has 3 fully saturated rings. The summed E-state index contributed by atoms with van der Waals surface area (Å²) in [4.78, 5) is 2.43. The molecule has 13 rings (SSSR count). The Morgan fingerprint density at radius 1 is 0.379 bits per heavy atom. The summed E-state index contributed by atoms with van der Waals surface area (Å²) in [7, 11) is 0. The molecular weight excluding hydrogens is 795 g/mol. The summed E-state index contributed by atoms with van der Waals surface area (Å²) in [6.45, 7) is 5.09. The van der Waals surface area contributed by atoms with Gasteiger partial charge in [-0.15, -0.1) is 0 Å². The first-order valence-corrected chi connectivity index (χ1v) is 25.1. The highest BCUT2D eigenvalue weighted by molar-refractivity contribution is 5.87. The fourth-order valence-corrected chi connectivity index (χ4v) is 14.7. The van der Waals surface area contributed by atoms with Crippen molar-refractivity contribution in [2.45, 2.75) is 82.5 Å². The fourth-order valence-electron chi connectivity index (χ4n) is 14.7. The van der Waals surface area contributed by atoms with E-state index in [-0.39, 0.29) is 10.8 Å². The van der Waals surface area contributed by atoms with Crippen LogP contribution in [-0.2, 0) is 10.8 Å². The largest absolute Gasteiger partial charge is 0.311 e. The van der Waals surface area contributed by atoms with Crippen LogP contribution in [0, 0.1) is 23.7 Å². The zero-order valence-corrected chi connectivity index (χ0v) is 38.5. The number of nitrogens with zero attached hydrogens (tertiary/aromatic N) is 1. The Labute approximate surface area is 392 Å². The molecule has 3 saturated carbocycles. The molecule has 324 valence electrons. The molecule has 0 heterocycles. The standard InChI is InChI=1S/C65H59N/c1-43-37-45-39-44(2)65(52(38-43)40-45)61-18-10-8-16-57(61)59-34-26-51(42-63(59)65)49-23-31-55(32-24-49)66(53-27-19-47(20-28-53)46-13-5-3-6-14-46)54-29-21-48(22-30-54)50-25-33-58-56-15-7-9-17-60(56)64(62(58)41-50)35-11-4-12-36-64/h3,5-10,13-34,41-45,52H,4,11-12,35-40H2,1-2H3/t43-,44+,45?,52-,65-/m1/s1. The van der Waals surface area contributed by atoms with E-state index in [1.54, 1.807) is 22.3 Å². The Balaban J connectivity index is 0.864. The summed E-state index contributed by atoms with van der Waals surface area (Å²) in [6.07, 6.45) is 11.9. The van der Waals surface area contributed by atoms with Gasteiger partial charge in [-0.3, -0.25) is 0 Å². The lowest BCUT2D eigenvalue weighted by molar-refractivity contribution is 0.0426. The monoisotopic (exact) mass is 853 g/mol. The lowest BCUT2D eigenvalue weighted by atomic mass is 9.49. The van der Waals surface area contributed by atoms with Crippen molar-refractivity contribution in [3.63, 3.8) is 0 Å². The van der Waals surface area contributed by atoms with Gasteiger partial charge < -0.3 is 4.90 Å². The number of rotatable bonds is 6. The normalized spacial score (nSPS) is 22.9. The second kappa shape index (κ2) is 15.6. The van der Waals surface area contributed by atoms with Crippen LogP contribution in [0.5, 0.6) is 0 Å². The topological polar surface area (TPSA) is 3.24 Å². The molecule has 1 heteroatoms. The molecule has 0 aromatic heterocycles. The highest BCUT2D eigenvalue weighted by atomic mass is 15.1. The van der Waals surface area contributed by atoms with E-state index in [1.165, 1.54) is 113 Å². The highest BCUT2D eigenvalue weighted by Crippen LogP contribution is 2.65. The van der Waals surface area contributed by atoms with Gasteiger partial charge >= 0.3 is 0 Å². The maximum Gasteiger partial charge on any atom is 0.0462 e. The molecule has 5 aliphatic rings. The van der Waals surface area contributed by atoms with Crippen LogP contribution in [0.25, 0.3) is 55.6 Å². The molecule has 0 radical (unpaired) electrons. The van der Waals surface area contributed by atoms with Gasteiger partial charge in [0.2, 0.25) is 0 Å². The minimum Gasteiger partial charge on any atom is -0.311 e. The van der Waals surface area contributed by atoms with Crippen molar-refractivity contribution in [2.75, 3.05) is 4.90 Å². The van der Waals surface area contributed by atoms with Crippen molar-refractivity contribution < 1.29 is 0 Å². The van der Waals surface area contributed by atoms with Gasteiger partial charge in [0, 0.05) is 27.9 Å². The Bertz CT molecular complexity index is 3090. The number of hydrogen-bond acceptors (Lipinski definition) is 1. The van der Waals surface area contributed by atoms with Crippen molar-refractivity contribution in [1.29, 1.82) is 0 Å². The van der Waals surface area contributed by atoms with Crippen LogP contribution in [-0.4, -0.2) is 0 Å². The van der Waals surface area contributed by atoms with Crippen LogP contribution < -0.4 is 4.90 Å². The first-order valence-electron chi connectivity index (χ1n) is 25.1. The number of benzene rings is 8. The average molecular weight is 854 g/mol. The van der Waals surface area contributed by atoms with Gasteiger partial charge in [-0.05, 0) is 189 Å². The second-order valence-electron chi connectivity index (χ2n) is 21.0. The van der Waals surface area contributed by atoms with Crippen molar-refractivity contribution in [2.24, 2.45) is 23.7 Å². The Kier molecular flexibility index (Phi) is 9.42. The fraction of sp³-hybridized carbons (Fsp3) is 0.262. The van der Waals surface area contributed by atoms with Gasteiger partial charge in [-0.25, -0.2) is 0 Å². The number of hydrogen-bond donors (Lipinski definition) is 0. The van der Waals surface area contributed by atoms with Crippen molar-refractivity contribution >= 4 is 17.1 Å². The molecule has 2 bridgehead atoms. The van der Waals surface area contributed by atoms with E-state index in [0.717, 1.165) is 28.9 Å². The Morgan fingerprint density at radius 3 is 1.47 bits per heavy atom.